The predicted molar refractivity (Wildman–Crippen MR) is 118 cm³/mol. The number of aliphatic hydroxyl groups is 1. The van der Waals surface area contributed by atoms with Crippen LogP contribution in [0.15, 0.2) is 73.1 Å². The molecule has 0 aliphatic carbocycles. The number of aryl methyl sites for hydroxylation is 1. The zero-order valence-electron chi connectivity index (χ0n) is 17.1. The molecular weight excluding hydrogens is 377 g/mol. The summed E-state index contributed by atoms with van der Waals surface area (Å²) in [6.45, 7) is 4.33. The molecule has 1 aliphatic heterocycles. The van der Waals surface area contributed by atoms with E-state index in [1.165, 1.54) is 11.6 Å². The van der Waals surface area contributed by atoms with E-state index in [0.717, 1.165) is 45.6 Å². The lowest BCUT2D eigenvalue weighted by Gasteiger charge is -2.37. The second-order valence-corrected chi connectivity index (χ2v) is 7.78. The summed E-state index contributed by atoms with van der Waals surface area (Å²) < 4.78 is 14.8. The Hall–Kier alpha value is -2.76. The van der Waals surface area contributed by atoms with E-state index in [9.17, 15) is 9.50 Å². The van der Waals surface area contributed by atoms with E-state index < -0.39 is 6.10 Å². The average molecular weight is 406 g/mol. The van der Waals surface area contributed by atoms with Crippen LogP contribution in [0.25, 0.3) is 0 Å². The molecule has 0 radical (unpaired) electrons. The first-order chi connectivity index (χ1) is 14.7. The van der Waals surface area contributed by atoms with Gasteiger partial charge in [0.2, 0.25) is 0 Å². The molecule has 1 unspecified atom stereocenters. The van der Waals surface area contributed by atoms with Gasteiger partial charge in [-0.15, -0.1) is 0 Å². The lowest BCUT2D eigenvalue weighted by atomic mass is 9.99. The number of piperazine rings is 1. The third-order valence-corrected chi connectivity index (χ3v) is 5.78. The second-order valence-electron chi connectivity index (χ2n) is 7.78. The number of pyridine rings is 1. The quantitative estimate of drug-likeness (QED) is 0.644. The van der Waals surface area contributed by atoms with Crippen LogP contribution in [0.4, 0.5) is 10.1 Å². The lowest BCUT2D eigenvalue weighted by Crippen LogP contribution is -2.47. The molecule has 2 heterocycles. The summed E-state index contributed by atoms with van der Waals surface area (Å²) in [4.78, 5) is 8.59. The summed E-state index contributed by atoms with van der Waals surface area (Å²) in [5.74, 6) is -0.284. The van der Waals surface area contributed by atoms with Gasteiger partial charge in [0.1, 0.15) is 11.9 Å². The molecule has 0 spiro atoms. The first kappa shape index (κ1) is 20.5. The van der Waals surface area contributed by atoms with Crippen molar-refractivity contribution in [2.24, 2.45) is 0 Å². The van der Waals surface area contributed by atoms with Crippen molar-refractivity contribution in [2.75, 3.05) is 37.6 Å². The van der Waals surface area contributed by atoms with Crippen LogP contribution < -0.4 is 4.90 Å². The van der Waals surface area contributed by atoms with E-state index in [0.29, 0.717) is 16.8 Å². The van der Waals surface area contributed by atoms with Gasteiger partial charge in [0.15, 0.2) is 0 Å². The number of hydrogen-bond acceptors (Lipinski definition) is 4. The number of nitrogens with zero attached hydrogens (tertiary/aromatic N) is 3. The maximum Gasteiger partial charge on any atom is 0.146 e. The van der Waals surface area contributed by atoms with Gasteiger partial charge in [0, 0.05) is 49.7 Å². The van der Waals surface area contributed by atoms with Crippen LogP contribution in [0.2, 0.25) is 0 Å². The number of halogens is 1. The zero-order valence-corrected chi connectivity index (χ0v) is 17.1. The minimum Gasteiger partial charge on any atom is -0.384 e. The van der Waals surface area contributed by atoms with Gasteiger partial charge in [-0.2, -0.15) is 0 Å². The van der Waals surface area contributed by atoms with Gasteiger partial charge in [0.05, 0.1) is 5.69 Å². The SMILES string of the molecule is OC(c1cccnc1)c1cccc(F)c1N1CCN(CCCc2ccccc2)CC1. The third kappa shape index (κ3) is 4.86. The Morgan fingerprint density at radius 1 is 0.933 bits per heavy atom. The van der Waals surface area contributed by atoms with Crippen molar-refractivity contribution in [1.82, 2.24) is 9.88 Å². The van der Waals surface area contributed by atoms with Crippen molar-refractivity contribution in [3.8, 4) is 0 Å². The fraction of sp³-hybridized carbons (Fsp3) is 0.320. The topological polar surface area (TPSA) is 39.6 Å². The second kappa shape index (κ2) is 9.83. The van der Waals surface area contributed by atoms with Crippen LogP contribution in [0.5, 0.6) is 0 Å². The molecule has 0 saturated carbocycles. The maximum atomic E-state index is 14.8. The molecule has 3 aromatic rings. The Morgan fingerprint density at radius 3 is 2.47 bits per heavy atom. The largest absolute Gasteiger partial charge is 0.384 e. The van der Waals surface area contributed by atoms with E-state index in [-0.39, 0.29) is 5.82 Å². The number of benzene rings is 2. The Labute approximate surface area is 177 Å². The number of hydrogen-bond donors (Lipinski definition) is 1. The van der Waals surface area contributed by atoms with Crippen molar-refractivity contribution in [1.29, 1.82) is 0 Å². The fourth-order valence-corrected chi connectivity index (χ4v) is 4.15. The van der Waals surface area contributed by atoms with E-state index in [1.807, 2.05) is 18.2 Å². The molecule has 1 atom stereocenters. The summed E-state index contributed by atoms with van der Waals surface area (Å²) in [6.07, 6.45) is 4.60. The summed E-state index contributed by atoms with van der Waals surface area (Å²) >= 11 is 0. The number of para-hydroxylation sites is 1. The first-order valence-corrected chi connectivity index (χ1v) is 10.6. The van der Waals surface area contributed by atoms with E-state index in [4.69, 9.17) is 0 Å². The van der Waals surface area contributed by atoms with Crippen LogP contribution in [0.1, 0.15) is 29.2 Å². The molecule has 30 heavy (non-hydrogen) atoms. The van der Waals surface area contributed by atoms with Gasteiger partial charge in [-0.3, -0.25) is 9.88 Å². The van der Waals surface area contributed by atoms with Crippen molar-refractivity contribution in [3.63, 3.8) is 0 Å². The lowest BCUT2D eigenvalue weighted by molar-refractivity contribution is 0.218. The highest BCUT2D eigenvalue weighted by Gasteiger charge is 2.25. The molecule has 1 fully saturated rings. The average Bonchev–Trinajstić information content (AvgIpc) is 2.80. The molecule has 2 aromatic carbocycles. The van der Waals surface area contributed by atoms with Crippen LogP contribution >= 0.6 is 0 Å². The minimum absolute atomic E-state index is 0.284. The van der Waals surface area contributed by atoms with Crippen molar-refractivity contribution in [3.05, 3.63) is 95.6 Å². The summed E-state index contributed by atoms with van der Waals surface area (Å²) in [7, 11) is 0. The van der Waals surface area contributed by atoms with Gasteiger partial charge in [-0.25, -0.2) is 4.39 Å². The normalized spacial score (nSPS) is 15.9. The summed E-state index contributed by atoms with van der Waals surface area (Å²) in [5.41, 5.74) is 3.15. The van der Waals surface area contributed by atoms with Crippen LogP contribution in [-0.4, -0.2) is 47.7 Å². The van der Waals surface area contributed by atoms with Crippen LogP contribution in [-0.2, 0) is 6.42 Å². The van der Waals surface area contributed by atoms with Gasteiger partial charge >= 0.3 is 0 Å². The van der Waals surface area contributed by atoms with E-state index in [1.54, 1.807) is 24.5 Å². The number of anilines is 1. The van der Waals surface area contributed by atoms with Crippen molar-refractivity contribution >= 4 is 5.69 Å². The Kier molecular flexibility index (Phi) is 6.72. The minimum atomic E-state index is -0.895. The van der Waals surface area contributed by atoms with E-state index in [2.05, 4.69) is 39.0 Å². The first-order valence-electron chi connectivity index (χ1n) is 10.6. The van der Waals surface area contributed by atoms with Crippen molar-refractivity contribution in [2.45, 2.75) is 18.9 Å². The van der Waals surface area contributed by atoms with Crippen molar-refractivity contribution < 1.29 is 9.50 Å². The maximum absolute atomic E-state index is 14.8. The predicted octanol–water partition coefficient (Wildman–Crippen LogP) is 4.06. The molecule has 1 N–H and O–H groups in total. The Bertz CT molecular complexity index is 928. The molecule has 4 rings (SSSR count). The smallest absolute Gasteiger partial charge is 0.146 e. The highest BCUT2D eigenvalue weighted by atomic mass is 19.1. The van der Waals surface area contributed by atoms with Gasteiger partial charge in [-0.1, -0.05) is 48.5 Å². The fourth-order valence-electron chi connectivity index (χ4n) is 4.15. The highest BCUT2D eigenvalue weighted by molar-refractivity contribution is 5.58. The monoisotopic (exact) mass is 405 g/mol. The zero-order chi connectivity index (χ0) is 20.8. The standard InChI is InChI=1S/C25H28FN3O/c26-23-12-4-11-22(25(30)21-10-5-13-27-19-21)24(23)29-17-15-28(16-18-29)14-6-9-20-7-2-1-3-8-20/h1-5,7-8,10-13,19,25,30H,6,9,14-18H2. The molecule has 0 amide bonds. The summed E-state index contributed by atoms with van der Waals surface area (Å²) in [5, 5.41) is 10.9. The molecule has 1 aliphatic rings. The molecule has 5 heteroatoms. The Balaban J connectivity index is 1.38. The Morgan fingerprint density at radius 2 is 1.73 bits per heavy atom. The molecule has 4 nitrogen and oxygen atoms in total. The molecular formula is C25H28FN3O. The van der Waals surface area contributed by atoms with Crippen LogP contribution in [0.3, 0.4) is 0 Å². The summed E-state index contributed by atoms with van der Waals surface area (Å²) in [6, 6.07) is 19.1. The van der Waals surface area contributed by atoms with Gasteiger partial charge in [-0.05, 0) is 37.1 Å². The molecule has 0 bridgehead atoms. The molecule has 1 saturated heterocycles. The highest BCUT2D eigenvalue weighted by Crippen LogP contribution is 2.33. The van der Waals surface area contributed by atoms with E-state index >= 15 is 0 Å². The third-order valence-electron chi connectivity index (χ3n) is 5.78. The van der Waals surface area contributed by atoms with Crippen LogP contribution in [0, 0.1) is 5.82 Å². The van der Waals surface area contributed by atoms with Gasteiger partial charge < -0.3 is 10.0 Å². The number of aromatic nitrogens is 1. The number of aliphatic hydroxyl groups excluding tert-OH is 1. The molecule has 156 valence electrons. The van der Waals surface area contributed by atoms with Gasteiger partial charge in [0.25, 0.3) is 0 Å². The number of rotatable bonds is 7. The molecule has 1 aromatic heterocycles.